The van der Waals surface area contributed by atoms with Gasteiger partial charge in [0.15, 0.2) is 0 Å². The molecule has 6 aromatic carbocycles. The third-order valence-electron chi connectivity index (χ3n) is 10.3. The van der Waals surface area contributed by atoms with Crippen LogP contribution in [-0.4, -0.2) is 19.6 Å². The van der Waals surface area contributed by atoms with Gasteiger partial charge in [0, 0.05) is 38.5 Å². The van der Waals surface area contributed by atoms with Crippen molar-refractivity contribution in [3.63, 3.8) is 0 Å². The van der Waals surface area contributed by atoms with E-state index in [4.69, 9.17) is 16.8 Å². The van der Waals surface area contributed by atoms with Gasteiger partial charge in [-0.05, 0) is 95.3 Å². The van der Waals surface area contributed by atoms with E-state index in [0.29, 0.717) is 34.1 Å². The molecule has 0 saturated heterocycles. The maximum atomic E-state index is 11.7. The number of pyridine rings is 1. The Morgan fingerprint density at radius 3 is 2.25 bits per heavy atom. The van der Waals surface area contributed by atoms with E-state index >= 15 is 0 Å². The van der Waals surface area contributed by atoms with Crippen LogP contribution in [0.15, 0.2) is 140 Å². The van der Waals surface area contributed by atoms with Crippen molar-refractivity contribution in [2.24, 2.45) is 5.92 Å². The molecule has 0 fully saturated rings. The molecule has 288 valence electrons. The number of aromatic hydroxyl groups is 1. The van der Waals surface area contributed by atoms with Crippen LogP contribution in [0, 0.1) is 25.8 Å². The van der Waals surface area contributed by atoms with Crippen molar-refractivity contribution in [3.8, 4) is 67.5 Å². The van der Waals surface area contributed by atoms with Crippen LogP contribution in [0.5, 0.6) is 5.75 Å². The van der Waals surface area contributed by atoms with Gasteiger partial charge in [-0.3, -0.25) is 9.55 Å². The zero-order valence-electron chi connectivity index (χ0n) is 38.3. The third kappa shape index (κ3) is 8.02. The number of aryl methyl sites for hydroxylation is 2. The van der Waals surface area contributed by atoms with Crippen LogP contribution in [0.25, 0.3) is 72.7 Å². The van der Waals surface area contributed by atoms with Crippen LogP contribution >= 0.6 is 0 Å². The topological polar surface area (TPSA) is 50.9 Å². The quantitative estimate of drug-likeness (QED) is 0.155. The fourth-order valence-corrected chi connectivity index (χ4v) is 7.51. The minimum absolute atomic E-state index is 0. The van der Waals surface area contributed by atoms with Gasteiger partial charge in [0.25, 0.3) is 0 Å². The van der Waals surface area contributed by atoms with E-state index in [-0.39, 0.29) is 62.0 Å². The summed E-state index contributed by atoms with van der Waals surface area (Å²) >= 11 is 0. The second-order valence-corrected chi connectivity index (χ2v) is 16.1. The second-order valence-electron chi connectivity index (χ2n) is 16.1. The smallest absolute Gasteiger partial charge is 0.148 e. The molecule has 4 nitrogen and oxygen atoms in total. The number of rotatable bonds is 8. The van der Waals surface area contributed by atoms with Gasteiger partial charge in [-0.2, -0.15) is 0 Å². The Balaban J connectivity index is 0.00000578. The maximum Gasteiger partial charge on any atom is 0.148 e. The van der Waals surface area contributed by atoms with Crippen molar-refractivity contribution in [1.82, 2.24) is 14.5 Å². The Bertz CT molecular complexity index is 2980. The third-order valence-corrected chi connectivity index (χ3v) is 10.3. The van der Waals surface area contributed by atoms with Gasteiger partial charge in [-0.25, -0.2) is 4.98 Å². The monoisotopic (exact) mass is 930 g/mol. The van der Waals surface area contributed by atoms with Crippen LogP contribution in [0.4, 0.5) is 0 Å². The average Bonchev–Trinajstić information content (AvgIpc) is 3.63. The van der Waals surface area contributed by atoms with Gasteiger partial charge in [0.1, 0.15) is 11.6 Å². The molecule has 8 rings (SSSR count). The predicted molar refractivity (Wildman–Crippen MR) is 233 cm³/mol. The fraction of sp³-hybridized carbons (Fsp3) is 0.192. The Morgan fingerprint density at radius 2 is 1.51 bits per heavy atom. The molecule has 5 heteroatoms. The first-order chi connectivity index (χ1) is 29.0. The molecule has 57 heavy (non-hydrogen) atoms. The molecule has 0 radical (unpaired) electrons. The van der Waals surface area contributed by atoms with Crippen LogP contribution in [0.2, 0.25) is 0 Å². The Hall–Kier alpha value is -5.57. The molecule has 0 aliphatic rings. The number of imidazole rings is 1. The van der Waals surface area contributed by atoms with Gasteiger partial charge in [-0.15, -0.1) is 29.3 Å². The molecule has 0 amide bonds. The summed E-state index contributed by atoms with van der Waals surface area (Å²) in [6, 6.07) is 36.7. The van der Waals surface area contributed by atoms with Crippen LogP contribution in [0.3, 0.4) is 0 Å². The van der Waals surface area contributed by atoms with E-state index in [2.05, 4.69) is 106 Å². The van der Waals surface area contributed by atoms with E-state index in [1.165, 1.54) is 5.56 Å². The van der Waals surface area contributed by atoms with Gasteiger partial charge < -0.3 is 5.11 Å². The number of phenolic OH excluding ortho intramolecular Hbond substituents is 1. The molecule has 2 aromatic heterocycles. The number of fused-ring (bicyclic) bond motifs is 1. The molecule has 8 aromatic rings. The summed E-state index contributed by atoms with van der Waals surface area (Å²) in [5.41, 5.74) is 12.5. The molecule has 0 unspecified atom stereocenters. The van der Waals surface area contributed by atoms with Crippen molar-refractivity contribution >= 4 is 11.0 Å². The summed E-state index contributed by atoms with van der Waals surface area (Å²) in [5, 5.41) is 11.7. The van der Waals surface area contributed by atoms with Crippen molar-refractivity contribution in [3.05, 3.63) is 168 Å². The molecular weight excluding hydrogens is 878 g/mol. The Kier molecular flexibility index (Phi) is 9.49. The zero-order valence-corrected chi connectivity index (χ0v) is 35.6. The normalized spacial score (nSPS) is 12.8. The molecule has 0 spiro atoms. The summed E-state index contributed by atoms with van der Waals surface area (Å²) in [6.07, 6.45) is 2.53. The van der Waals surface area contributed by atoms with Crippen LogP contribution in [-0.2, 0) is 32.9 Å². The van der Waals surface area contributed by atoms with Gasteiger partial charge in [0.2, 0.25) is 0 Å². The first kappa shape index (κ1) is 33.6. The summed E-state index contributed by atoms with van der Waals surface area (Å²) in [4.78, 5) is 10.2. The number of phenols is 1. The molecule has 2 heterocycles. The van der Waals surface area contributed by atoms with Gasteiger partial charge >= 0.3 is 0 Å². The number of aromatic nitrogens is 3. The molecule has 0 aliphatic heterocycles. The summed E-state index contributed by atoms with van der Waals surface area (Å²) in [6.45, 7) is 14.8. The standard InChI is InChI=1S/C52H48N3O.Pt/c1-33(2)25-36-21-22-47(44(28-36)38-17-12-9-13-18-38)55-48-20-14-19-43(49(48)54-51(55)45-27-34(3)26-35(4)50(45)56)40-29-41(31-42(30-40)52(5,6)7)46-32-39(23-24-53-46)37-15-10-8-11-16-37;/h8-24,26-28,30-33,56H,25H2,1-7H3;/q-1;/i8D,10D,11D,15D,16D;. The SMILES string of the molecule is [2H]c1c([2H])c([2H])c(-c2ccnc(-c3[c-]c(-c4cccc5c4nc(-c4cc(C)cc(C)c4O)n5-c4ccc(CC(C)C)cc4-c4ccccc4)cc(C(C)(C)C)c3)c2)c([2H])c1[2H].[Pt]. The maximum absolute atomic E-state index is 11.7. The average molecular weight is 931 g/mol. The van der Waals surface area contributed by atoms with Crippen molar-refractivity contribution < 1.29 is 33.0 Å². The van der Waals surface area contributed by atoms with E-state index in [9.17, 15) is 5.11 Å². The molecular formula is C52H48N3OPt-. The molecule has 1 N–H and O–H groups in total. The van der Waals surface area contributed by atoms with Crippen molar-refractivity contribution in [2.45, 2.75) is 60.3 Å². The first-order valence-corrected chi connectivity index (χ1v) is 19.1. The minimum atomic E-state index is -0.434. The van der Waals surface area contributed by atoms with E-state index in [1.54, 1.807) is 18.3 Å². The second kappa shape index (κ2) is 16.1. The molecule has 0 atom stereocenters. The van der Waals surface area contributed by atoms with Gasteiger partial charge in [0.05, 0.1) is 29.1 Å². The van der Waals surface area contributed by atoms with Crippen molar-refractivity contribution in [2.75, 3.05) is 0 Å². The largest absolute Gasteiger partial charge is 0.507 e. The summed E-state index contributed by atoms with van der Waals surface area (Å²) in [7, 11) is 0. The van der Waals surface area contributed by atoms with Crippen LogP contribution in [0.1, 0.15) is 63.7 Å². The van der Waals surface area contributed by atoms with E-state index in [0.717, 1.165) is 62.1 Å². The minimum Gasteiger partial charge on any atom is -0.507 e. The Morgan fingerprint density at radius 1 is 0.754 bits per heavy atom. The molecule has 0 saturated carbocycles. The van der Waals surface area contributed by atoms with E-state index < -0.39 is 6.04 Å². The Labute approximate surface area is 358 Å². The predicted octanol–water partition coefficient (Wildman–Crippen LogP) is 13.4. The zero-order chi connectivity index (χ0) is 43.5. The molecule has 0 aliphatic carbocycles. The fourth-order valence-electron chi connectivity index (χ4n) is 7.51. The van der Waals surface area contributed by atoms with E-state index in [1.807, 2.05) is 44.2 Å². The first-order valence-electron chi connectivity index (χ1n) is 21.6. The van der Waals surface area contributed by atoms with Gasteiger partial charge in [-0.1, -0.05) is 137 Å². The number of nitrogens with zero attached hydrogens (tertiary/aromatic N) is 3. The van der Waals surface area contributed by atoms with Crippen molar-refractivity contribution in [1.29, 1.82) is 0 Å². The summed E-state index contributed by atoms with van der Waals surface area (Å²) < 4.78 is 44.1. The number of benzene rings is 6. The number of hydrogen-bond acceptors (Lipinski definition) is 3. The van der Waals surface area contributed by atoms with Crippen LogP contribution < -0.4 is 0 Å². The molecule has 0 bridgehead atoms. The summed E-state index contributed by atoms with van der Waals surface area (Å²) in [5.74, 6) is 1.26. The number of hydrogen-bond donors (Lipinski definition) is 1. The number of para-hydroxylation sites is 1.